The zero-order valence-electron chi connectivity index (χ0n) is 10.6. The summed E-state index contributed by atoms with van der Waals surface area (Å²) in [5, 5.41) is 9.36. The molecule has 0 aliphatic heterocycles. The molecule has 1 unspecified atom stereocenters. The molecular formula is C13H13BrF2O4. The molecule has 0 heterocycles. The van der Waals surface area contributed by atoms with E-state index in [-0.39, 0.29) is 12.2 Å². The second-order valence-electron chi connectivity index (χ2n) is 4.04. The third-order valence-electron chi connectivity index (χ3n) is 2.77. The van der Waals surface area contributed by atoms with Gasteiger partial charge in [-0.3, -0.25) is 9.59 Å². The summed E-state index contributed by atoms with van der Waals surface area (Å²) in [4.78, 5) is 23.5. The molecule has 1 atom stereocenters. The fraction of sp³-hybridized carbons (Fsp3) is 0.385. The van der Waals surface area contributed by atoms with Gasteiger partial charge >= 0.3 is 11.9 Å². The van der Waals surface area contributed by atoms with Crippen LogP contribution in [0.5, 0.6) is 0 Å². The molecule has 1 rings (SSSR count). The van der Waals surface area contributed by atoms with Crippen LogP contribution in [0.25, 0.3) is 0 Å². The standard InChI is InChI=1S/C13H13BrF2O4/c1-2-20-12(19)13(11(17)18,7-10(15)16)8-4-3-5-9(14)6-8/h3-6,10H,2,7H2,1H3,(H,17,18). The van der Waals surface area contributed by atoms with Gasteiger partial charge in [-0.2, -0.15) is 0 Å². The fourth-order valence-electron chi connectivity index (χ4n) is 1.86. The molecule has 7 heteroatoms. The lowest BCUT2D eigenvalue weighted by atomic mass is 9.77. The van der Waals surface area contributed by atoms with E-state index in [1.807, 2.05) is 0 Å². The van der Waals surface area contributed by atoms with E-state index in [1.165, 1.54) is 25.1 Å². The molecule has 0 aliphatic carbocycles. The monoisotopic (exact) mass is 350 g/mol. The average Bonchev–Trinajstić information content (AvgIpc) is 2.35. The molecule has 4 nitrogen and oxygen atoms in total. The second-order valence-corrected chi connectivity index (χ2v) is 4.95. The summed E-state index contributed by atoms with van der Waals surface area (Å²) in [6.45, 7) is 1.39. The molecule has 0 spiro atoms. The summed E-state index contributed by atoms with van der Waals surface area (Å²) in [5.74, 6) is -2.85. The Morgan fingerprint density at radius 3 is 2.55 bits per heavy atom. The first-order chi connectivity index (χ1) is 9.34. The Bertz CT molecular complexity index is 507. The number of benzene rings is 1. The Hall–Kier alpha value is -1.50. The zero-order valence-corrected chi connectivity index (χ0v) is 12.2. The first kappa shape index (κ1) is 16.6. The lowest BCUT2D eigenvalue weighted by molar-refractivity contribution is -0.164. The quantitative estimate of drug-likeness (QED) is 0.632. The van der Waals surface area contributed by atoms with Crippen LogP contribution in [0.4, 0.5) is 8.78 Å². The molecule has 0 bridgehead atoms. The summed E-state index contributed by atoms with van der Waals surface area (Å²) in [5.41, 5.74) is -2.45. The predicted octanol–water partition coefficient (Wildman–Crippen LogP) is 2.99. The van der Waals surface area contributed by atoms with Crippen LogP contribution in [0.15, 0.2) is 28.7 Å². The summed E-state index contributed by atoms with van der Waals surface area (Å²) in [7, 11) is 0. The van der Waals surface area contributed by atoms with Gasteiger partial charge in [0, 0.05) is 10.9 Å². The minimum absolute atomic E-state index is 0.0434. The minimum Gasteiger partial charge on any atom is -0.480 e. The van der Waals surface area contributed by atoms with Crippen molar-refractivity contribution in [3.63, 3.8) is 0 Å². The first-order valence-electron chi connectivity index (χ1n) is 5.79. The van der Waals surface area contributed by atoms with Crippen molar-refractivity contribution in [3.05, 3.63) is 34.3 Å². The van der Waals surface area contributed by atoms with Crippen molar-refractivity contribution in [2.45, 2.75) is 25.2 Å². The molecule has 1 aromatic rings. The molecule has 110 valence electrons. The molecule has 1 N–H and O–H groups in total. The van der Waals surface area contributed by atoms with Crippen LogP contribution in [0.3, 0.4) is 0 Å². The van der Waals surface area contributed by atoms with Crippen LogP contribution in [-0.4, -0.2) is 30.1 Å². The summed E-state index contributed by atoms with van der Waals surface area (Å²) >= 11 is 3.13. The molecule has 0 amide bonds. The van der Waals surface area contributed by atoms with Gasteiger partial charge in [-0.15, -0.1) is 0 Å². The van der Waals surface area contributed by atoms with Crippen molar-refractivity contribution in [1.82, 2.24) is 0 Å². The minimum atomic E-state index is -2.96. The number of halogens is 3. The van der Waals surface area contributed by atoms with Crippen LogP contribution in [0, 0.1) is 0 Å². The van der Waals surface area contributed by atoms with Crippen LogP contribution in [-0.2, 0) is 19.7 Å². The number of carboxylic acid groups (broad SMARTS) is 1. The maximum Gasteiger partial charge on any atom is 0.328 e. The van der Waals surface area contributed by atoms with Crippen LogP contribution >= 0.6 is 15.9 Å². The van der Waals surface area contributed by atoms with E-state index in [0.29, 0.717) is 4.47 Å². The van der Waals surface area contributed by atoms with E-state index in [1.54, 1.807) is 6.07 Å². The summed E-state index contributed by atoms with van der Waals surface area (Å²) in [6.07, 6.45) is -4.10. The number of ether oxygens (including phenoxy) is 1. The summed E-state index contributed by atoms with van der Waals surface area (Å²) < 4.78 is 30.8. The van der Waals surface area contributed by atoms with E-state index in [4.69, 9.17) is 4.74 Å². The Morgan fingerprint density at radius 2 is 2.10 bits per heavy atom. The second kappa shape index (κ2) is 6.78. The highest BCUT2D eigenvalue weighted by Crippen LogP contribution is 2.34. The molecule has 0 saturated carbocycles. The van der Waals surface area contributed by atoms with Gasteiger partial charge in [0.2, 0.25) is 6.43 Å². The van der Waals surface area contributed by atoms with Crippen LogP contribution < -0.4 is 0 Å². The Kier molecular flexibility index (Phi) is 5.62. The Labute approximate surface area is 122 Å². The van der Waals surface area contributed by atoms with Gasteiger partial charge in [-0.05, 0) is 24.6 Å². The number of esters is 1. The maximum absolute atomic E-state index is 12.8. The summed E-state index contributed by atoms with van der Waals surface area (Å²) in [6, 6.07) is 5.72. The van der Waals surface area contributed by atoms with Gasteiger partial charge in [-0.25, -0.2) is 8.78 Å². The number of hydrogen-bond acceptors (Lipinski definition) is 3. The Morgan fingerprint density at radius 1 is 1.45 bits per heavy atom. The van der Waals surface area contributed by atoms with E-state index >= 15 is 0 Å². The lowest BCUT2D eigenvalue weighted by Crippen LogP contribution is -2.46. The largest absolute Gasteiger partial charge is 0.480 e. The van der Waals surface area contributed by atoms with Crippen LogP contribution in [0.2, 0.25) is 0 Å². The van der Waals surface area contributed by atoms with Crippen molar-refractivity contribution in [2.75, 3.05) is 6.61 Å². The van der Waals surface area contributed by atoms with Gasteiger partial charge in [0.25, 0.3) is 0 Å². The lowest BCUT2D eigenvalue weighted by Gasteiger charge is -2.27. The molecule has 20 heavy (non-hydrogen) atoms. The molecule has 0 aromatic heterocycles. The number of carboxylic acids is 1. The highest BCUT2D eigenvalue weighted by molar-refractivity contribution is 9.10. The molecular weight excluding hydrogens is 338 g/mol. The molecule has 0 fully saturated rings. The van der Waals surface area contributed by atoms with Gasteiger partial charge in [-0.1, -0.05) is 28.1 Å². The van der Waals surface area contributed by atoms with Gasteiger partial charge in [0.1, 0.15) is 0 Å². The third-order valence-corrected chi connectivity index (χ3v) is 3.26. The number of rotatable bonds is 6. The van der Waals surface area contributed by atoms with E-state index in [9.17, 15) is 23.5 Å². The van der Waals surface area contributed by atoms with Crippen molar-refractivity contribution in [3.8, 4) is 0 Å². The fourth-order valence-corrected chi connectivity index (χ4v) is 2.26. The number of alkyl halides is 2. The van der Waals surface area contributed by atoms with Crippen molar-refractivity contribution in [2.24, 2.45) is 0 Å². The zero-order chi connectivity index (χ0) is 15.3. The number of carbonyl (C=O) groups is 2. The molecule has 0 radical (unpaired) electrons. The highest BCUT2D eigenvalue weighted by Gasteiger charge is 2.51. The van der Waals surface area contributed by atoms with Crippen molar-refractivity contribution in [1.29, 1.82) is 0 Å². The highest BCUT2D eigenvalue weighted by atomic mass is 79.9. The van der Waals surface area contributed by atoms with Crippen LogP contribution in [0.1, 0.15) is 18.9 Å². The number of hydrogen-bond donors (Lipinski definition) is 1. The normalized spacial score (nSPS) is 13.8. The third kappa shape index (κ3) is 3.33. The number of carbonyl (C=O) groups excluding carboxylic acids is 1. The van der Waals surface area contributed by atoms with Crippen molar-refractivity contribution < 1.29 is 28.2 Å². The van der Waals surface area contributed by atoms with E-state index in [2.05, 4.69) is 15.9 Å². The number of aliphatic carboxylic acids is 1. The van der Waals surface area contributed by atoms with E-state index < -0.39 is 30.2 Å². The van der Waals surface area contributed by atoms with Gasteiger partial charge in [0.05, 0.1) is 6.61 Å². The van der Waals surface area contributed by atoms with E-state index in [0.717, 1.165) is 0 Å². The first-order valence-corrected chi connectivity index (χ1v) is 6.58. The maximum atomic E-state index is 12.8. The topological polar surface area (TPSA) is 63.6 Å². The van der Waals surface area contributed by atoms with Gasteiger partial charge < -0.3 is 9.84 Å². The smallest absolute Gasteiger partial charge is 0.328 e. The molecule has 0 aliphatic rings. The van der Waals surface area contributed by atoms with Crippen molar-refractivity contribution >= 4 is 27.9 Å². The average molecular weight is 351 g/mol. The SMILES string of the molecule is CCOC(=O)C(CC(F)F)(C(=O)O)c1cccc(Br)c1. The molecule has 1 aromatic carbocycles. The van der Waals surface area contributed by atoms with Gasteiger partial charge in [0.15, 0.2) is 5.41 Å². The molecule has 0 saturated heterocycles. The Balaban J connectivity index is 3.44. The predicted molar refractivity (Wildman–Crippen MR) is 70.7 cm³/mol.